The summed E-state index contributed by atoms with van der Waals surface area (Å²) < 4.78 is 12.8. The summed E-state index contributed by atoms with van der Waals surface area (Å²) in [4.78, 5) is 2.46. The van der Waals surface area contributed by atoms with Crippen LogP contribution < -0.4 is 5.32 Å². The molecule has 1 saturated heterocycles. The Hall–Kier alpha value is -0.970. The van der Waals surface area contributed by atoms with E-state index < -0.39 is 0 Å². The van der Waals surface area contributed by atoms with Gasteiger partial charge in [0.15, 0.2) is 0 Å². The van der Waals surface area contributed by atoms with Gasteiger partial charge in [-0.3, -0.25) is 0 Å². The topological polar surface area (TPSA) is 35.5 Å². The third kappa shape index (κ3) is 4.90. The summed E-state index contributed by atoms with van der Waals surface area (Å²) >= 11 is 0. The van der Waals surface area contributed by atoms with E-state index in [0.29, 0.717) is 12.6 Å². The van der Waals surface area contributed by atoms with E-state index in [9.17, 15) is 4.39 Å². The lowest BCUT2D eigenvalue weighted by atomic mass is 10.0. The predicted molar refractivity (Wildman–Crippen MR) is 74.7 cm³/mol. The van der Waals surface area contributed by atoms with Gasteiger partial charge in [0.2, 0.25) is 0 Å². The molecule has 0 aliphatic carbocycles. The Morgan fingerprint density at radius 1 is 1.21 bits per heavy atom. The smallest absolute Gasteiger partial charge is 0.123 e. The predicted octanol–water partition coefficient (Wildman–Crippen LogP) is 1.41. The van der Waals surface area contributed by atoms with Gasteiger partial charge in [-0.15, -0.1) is 0 Å². The molecule has 2 rings (SSSR count). The standard InChI is InChI=1S/C15H23FN2O/c16-14-3-1-13(2-4-14)5-9-18-10-6-15(7-11-18)17-8-12-19/h1-4,15,17,19H,5-12H2. The number of nitrogens with one attached hydrogen (secondary N) is 1. The summed E-state index contributed by atoms with van der Waals surface area (Å²) in [6.45, 7) is 4.15. The molecule has 19 heavy (non-hydrogen) atoms. The number of aliphatic hydroxyl groups is 1. The Kier molecular flexibility index (Phi) is 5.76. The number of aliphatic hydroxyl groups excluding tert-OH is 1. The molecule has 2 N–H and O–H groups in total. The fourth-order valence-corrected chi connectivity index (χ4v) is 2.57. The highest BCUT2D eigenvalue weighted by molar-refractivity contribution is 5.16. The van der Waals surface area contributed by atoms with E-state index in [1.807, 2.05) is 12.1 Å². The van der Waals surface area contributed by atoms with E-state index in [2.05, 4.69) is 10.2 Å². The number of hydrogen-bond donors (Lipinski definition) is 2. The molecule has 0 amide bonds. The molecule has 1 aromatic carbocycles. The zero-order valence-corrected chi connectivity index (χ0v) is 11.3. The largest absolute Gasteiger partial charge is 0.395 e. The van der Waals surface area contributed by atoms with Crippen molar-refractivity contribution in [2.75, 3.05) is 32.8 Å². The second-order valence-electron chi connectivity index (χ2n) is 5.17. The van der Waals surface area contributed by atoms with Crippen LogP contribution in [0, 0.1) is 5.82 Å². The molecule has 4 heteroatoms. The molecule has 0 aromatic heterocycles. The first kappa shape index (κ1) is 14.4. The van der Waals surface area contributed by atoms with Gasteiger partial charge < -0.3 is 15.3 Å². The Morgan fingerprint density at radius 3 is 2.53 bits per heavy atom. The van der Waals surface area contributed by atoms with Crippen molar-refractivity contribution in [3.63, 3.8) is 0 Å². The molecule has 1 aliphatic rings. The number of piperidine rings is 1. The summed E-state index contributed by atoms with van der Waals surface area (Å²) in [5.41, 5.74) is 1.20. The molecule has 0 unspecified atom stereocenters. The summed E-state index contributed by atoms with van der Waals surface area (Å²) in [5.74, 6) is -0.167. The normalized spacial score (nSPS) is 17.8. The van der Waals surface area contributed by atoms with Gasteiger partial charge in [0.1, 0.15) is 5.82 Å². The van der Waals surface area contributed by atoms with Crippen molar-refractivity contribution in [1.82, 2.24) is 10.2 Å². The number of nitrogens with zero attached hydrogens (tertiary/aromatic N) is 1. The number of rotatable bonds is 6. The van der Waals surface area contributed by atoms with Gasteiger partial charge in [-0.25, -0.2) is 4.39 Å². The van der Waals surface area contributed by atoms with Crippen LogP contribution in [0.5, 0.6) is 0 Å². The lowest BCUT2D eigenvalue weighted by molar-refractivity contribution is 0.192. The average molecular weight is 266 g/mol. The van der Waals surface area contributed by atoms with Crippen molar-refractivity contribution in [3.8, 4) is 0 Å². The minimum Gasteiger partial charge on any atom is -0.395 e. The SMILES string of the molecule is OCCNC1CCN(CCc2ccc(F)cc2)CC1. The maximum Gasteiger partial charge on any atom is 0.123 e. The first-order valence-corrected chi connectivity index (χ1v) is 7.09. The summed E-state index contributed by atoms with van der Waals surface area (Å²) in [5, 5.41) is 12.1. The maximum absolute atomic E-state index is 12.8. The van der Waals surface area contributed by atoms with Crippen molar-refractivity contribution in [1.29, 1.82) is 0 Å². The van der Waals surface area contributed by atoms with Crippen LogP contribution in [0.15, 0.2) is 24.3 Å². The molecular weight excluding hydrogens is 243 g/mol. The van der Waals surface area contributed by atoms with Gasteiger partial charge >= 0.3 is 0 Å². The van der Waals surface area contributed by atoms with E-state index in [4.69, 9.17) is 5.11 Å². The van der Waals surface area contributed by atoms with Crippen molar-refractivity contribution in [2.45, 2.75) is 25.3 Å². The second-order valence-corrected chi connectivity index (χ2v) is 5.17. The highest BCUT2D eigenvalue weighted by atomic mass is 19.1. The fraction of sp³-hybridized carbons (Fsp3) is 0.600. The zero-order chi connectivity index (χ0) is 13.5. The lowest BCUT2D eigenvalue weighted by Gasteiger charge is -2.32. The molecule has 0 atom stereocenters. The molecular formula is C15H23FN2O. The Morgan fingerprint density at radius 2 is 1.89 bits per heavy atom. The molecule has 1 aromatic rings. The third-order valence-corrected chi connectivity index (χ3v) is 3.76. The van der Waals surface area contributed by atoms with E-state index in [1.165, 1.54) is 17.7 Å². The van der Waals surface area contributed by atoms with Crippen LogP contribution in [0.4, 0.5) is 4.39 Å². The van der Waals surface area contributed by atoms with Crippen LogP contribution in [-0.2, 0) is 6.42 Å². The number of halogens is 1. The Bertz CT molecular complexity index is 361. The van der Waals surface area contributed by atoms with Crippen molar-refractivity contribution in [2.24, 2.45) is 0 Å². The molecule has 0 bridgehead atoms. The zero-order valence-electron chi connectivity index (χ0n) is 11.3. The number of likely N-dealkylation sites (tertiary alicyclic amines) is 1. The van der Waals surface area contributed by atoms with E-state index in [-0.39, 0.29) is 12.4 Å². The van der Waals surface area contributed by atoms with Crippen LogP contribution >= 0.6 is 0 Å². The minimum atomic E-state index is -0.167. The Labute approximate surface area is 114 Å². The van der Waals surface area contributed by atoms with E-state index in [0.717, 1.165) is 38.9 Å². The van der Waals surface area contributed by atoms with Crippen LogP contribution in [0.3, 0.4) is 0 Å². The summed E-state index contributed by atoms with van der Waals surface area (Å²) in [6, 6.07) is 7.34. The molecule has 0 saturated carbocycles. The van der Waals surface area contributed by atoms with Gasteiger partial charge in [0.25, 0.3) is 0 Å². The molecule has 3 nitrogen and oxygen atoms in total. The first-order valence-electron chi connectivity index (χ1n) is 7.09. The van der Waals surface area contributed by atoms with Gasteiger partial charge in [0, 0.05) is 19.1 Å². The molecule has 1 heterocycles. The van der Waals surface area contributed by atoms with Gasteiger partial charge in [-0.1, -0.05) is 12.1 Å². The quantitative estimate of drug-likeness (QED) is 0.817. The monoisotopic (exact) mass is 266 g/mol. The number of benzene rings is 1. The van der Waals surface area contributed by atoms with Crippen LogP contribution in [0.2, 0.25) is 0 Å². The second kappa shape index (κ2) is 7.58. The lowest BCUT2D eigenvalue weighted by Crippen LogP contribution is -2.43. The molecule has 1 aliphatic heterocycles. The highest BCUT2D eigenvalue weighted by Crippen LogP contribution is 2.11. The first-order chi connectivity index (χ1) is 9.28. The van der Waals surface area contributed by atoms with Crippen LogP contribution in [0.25, 0.3) is 0 Å². The van der Waals surface area contributed by atoms with Gasteiger partial charge in [0.05, 0.1) is 6.61 Å². The van der Waals surface area contributed by atoms with Gasteiger partial charge in [-0.05, 0) is 50.0 Å². The summed E-state index contributed by atoms with van der Waals surface area (Å²) in [6.07, 6.45) is 3.27. The van der Waals surface area contributed by atoms with Crippen LogP contribution in [0.1, 0.15) is 18.4 Å². The number of hydrogen-bond acceptors (Lipinski definition) is 3. The van der Waals surface area contributed by atoms with Gasteiger partial charge in [-0.2, -0.15) is 0 Å². The Balaban J connectivity index is 1.67. The maximum atomic E-state index is 12.8. The van der Waals surface area contributed by atoms with Crippen LogP contribution in [-0.4, -0.2) is 48.8 Å². The summed E-state index contributed by atoms with van der Waals surface area (Å²) in [7, 11) is 0. The van der Waals surface area contributed by atoms with Crippen molar-refractivity contribution in [3.05, 3.63) is 35.6 Å². The van der Waals surface area contributed by atoms with E-state index >= 15 is 0 Å². The molecule has 1 fully saturated rings. The highest BCUT2D eigenvalue weighted by Gasteiger charge is 2.17. The third-order valence-electron chi connectivity index (χ3n) is 3.76. The minimum absolute atomic E-state index is 0.167. The molecule has 106 valence electrons. The average Bonchev–Trinajstić information content (AvgIpc) is 2.46. The van der Waals surface area contributed by atoms with Crippen molar-refractivity contribution >= 4 is 0 Å². The molecule has 0 radical (unpaired) electrons. The van der Waals surface area contributed by atoms with Crippen molar-refractivity contribution < 1.29 is 9.50 Å². The fourth-order valence-electron chi connectivity index (χ4n) is 2.57. The molecule has 0 spiro atoms. The van der Waals surface area contributed by atoms with E-state index in [1.54, 1.807) is 0 Å².